The van der Waals surface area contributed by atoms with E-state index in [4.69, 9.17) is 4.74 Å². The van der Waals surface area contributed by atoms with Crippen molar-refractivity contribution < 1.29 is 14.5 Å². The Hall–Kier alpha value is -2.11. The molecule has 0 radical (unpaired) electrons. The summed E-state index contributed by atoms with van der Waals surface area (Å²) in [5.74, 6) is -0.0793. The van der Waals surface area contributed by atoms with Gasteiger partial charge in [0.1, 0.15) is 0 Å². The summed E-state index contributed by atoms with van der Waals surface area (Å²) in [6, 6.07) is 2.83. The monoisotopic (exact) mass is 236 g/mol. The summed E-state index contributed by atoms with van der Waals surface area (Å²) in [6.45, 7) is 3.88. The normalized spacial score (nSPS) is 13.5. The summed E-state index contributed by atoms with van der Waals surface area (Å²) >= 11 is 0. The number of carbonyl (C=O) groups is 1. The average molecular weight is 236 g/mol. The fraction of sp³-hybridized carbons (Fsp3) is 0.364. The minimum Gasteiger partial charge on any atom is -0.484 e. The second kappa shape index (κ2) is 4.04. The lowest BCUT2D eigenvalue weighted by Gasteiger charge is -2.10. The Morgan fingerprint density at radius 2 is 2.18 bits per heavy atom. The molecule has 6 heteroatoms. The third kappa shape index (κ3) is 2.06. The molecule has 6 nitrogen and oxygen atoms in total. The maximum absolute atomic E-state index is 11.4. The van der Waals surface area contributed by atoms with Crippen LogP contribution in [0, 0.1) is 10.1 Å². The van der Waals surface area contributed by atoms with Crippen molar-refractivity contribution in [1.29, 1.82) is 0 Å². The molecular formula is C11H12N2O4. The van der Waals surface area contributed by atoms with Crippen molar-refractivity contribution in [2.75, 3.05) is 0 Å². The summed E-state index contributed by atoms with van der Waals surface area (Å²) < 4.78 is 5.36. The highest BCUT2D eigenvalue weighted by atomic mass is 16.6. The second-order valence-corrected chi connectivity index (χ2v) is 4.08. The number of nitro groups is 1. The van der Waals surface area contributed by atoms with Crippen LogP contribution in [0.25, 0.3) is 0 Å². The fourth-order valence-electron chi connectivity index (χ4n) is 1.73. The number of nitro benzene ring substituents is 1. The smallest absolute Gasteiger partial charge is 0.311 e. The summed E-state index contributed by atoms with van der Waals surface area (Å²) in [5.41, 5.74) is 0.984. The molecule has 0 bridgehead atoms. The van der Waals surface area contributed by atoms with Gasteiger partial charge in [0, 0.05) is 24.2 Å². The number of carbonyl (C=O) groups excluding carboxylic acids is 1. The van der Waals surface area contributed by atoms with Gasteiger partial charge in [-0.05, 0) is 19.4 Å². The SMILES string of the molecule is CC(C)Oc1cc2c(cc1[N+](=O)[O-])CNC2=O. The zero-order valence-electron chi connectivity index (χ0n) is 9.52. The predicted molar refractivity (Wildman–Crippen MR) is 60.0 cm³/mol. The molecular weight excluding hydrogens is 224 g/mol. The Morgan fingerprint density at radius 3 is 2.76 bits per heavy atom. The molecule has 1 aromatic rings. The third-order valence-corrected chi connectivity index (χ3v) is 2.43. The van der Waals surface area contributed by atoms with Gasteiger partial charge in [-0.1, -0.05) is 0 Å². The van der Waals surface area contributed by atoms with E-state index in [9.17, 15) is 14.9 Å². The Labute approximate surface area is 97.7 Å². The molecule has 1 N–H and O–H groups in total. The maximum atomic E-state index is 11.4. The third-order valence-electron chi connectivity index (χ3n) is 2.43. The summed E-state index contributed by atoms with van der Waals surface area (Å²) in [5, 5.41) is 13.5. The largest absolute Gasteiger partial charge is 0.484 e. The van der Waals surface area contributed by atoms with E-state index in [-0.39, 0.29) is 23.4 Å². The summed E-state index contributed by atoms with van der Waals surface area (Å²) in [6.07, 6.45) is -0.184. The van der Waals surface area contributed by atoms with Crippen LogP contribution in [-0.4, -0.2) is 16.9 Å². The van der Waals surface area contributed by atoms with Crippen LogP contribution in [0.1, 0.15) is 29.8 Å². The van der Waals surface area contributed by atoms with Crippen molar-refractivity contribution in [3.8, 4) is 5.75 Å². The fourth-order valence-corrected chi connectivity index (χ4v) is 1.73. The Bertz CT molecular complexity index is 496. The molecule has 0 atom stereocenters. The molecule has 1 aliphatic rings. The molecule has 90 valence electrons. The van der Waals surface area contributed by atoms with Gasteiger partial charge in [0.05, 0.1) is 11.0 Å². The van der Waals surface area contributed by atoms with Gasteiger partial charge < -0.3 is 10.1 Å². The highest BCUT2D eigenvalue weighted by molar-refractivity contribution is 5.99. The van der Waals surface area contributed by atoms with Crippen LogP contribution < -0.4 is 10.1 Å². The molecule has 0 saturated heterocycles. The number of amides is 1. The minimum absolute atomic E-state index is 0.103. The van der Waals surface area contributed by atoms with Crippen molar-refractivity contribution >= 4 is 11.6 Å². The van der Waals surface area contributed by atoms with Gasteiger partial charge in [-0.25, -0.2) is 0 Å². The zero-order chi connectivity index (χ0) is 12.6. The molecule has 0 aliphatic carbocycles. The quantitative estimate of drug-likeness (QED) is 0.638. The first-order valence-corrected chi connectivity index (χ1v) is 5.25. The van der Waals surface area contributed by atoms with Crippen LogP contribution in [0.4, 0.5) is 5.69 Å². The van der Waals surface area contributed by atoms with Crippen LogP contribution in [0.3, 0.4) is 0 Å². The van der Waals surface area contributed by atoms with E-state index in [1.54, 1.807) is 13.8 Å². The van der Waals surface area contributed by atoms with Gasteiger partial charge in [-0.3, -0.25) is 14.9 Å². The van der Waals surface area contributed by atoms with Crippen molar-refractivity contribution in [2.45, 2.75) is 26.5 Å². The van der Waals surface area contributed by atoms with Crippen LogP contribution in [-0.2, 0) is 6.54 Å². The van der Waals surface area contributed by atoms with Crippen LogP contribution in [0.5, 0.6) is 5.75 Å². The van der Waals surface area contributed by atoms with Crippen LogP contribution in [0.2, 0.25) is 0 Å². The highest BCUT2D eigenvalue weighted by Gasteiger charge is 2.26. The van der Waals surface area contributed by atoms with Crippen molar-refractivity contribution in [2.24, 2.45) is 0 Å². The van der Waals surface area contributed by atoms with Gasteiger partial charge in [-0.2, -0.15) is 0 Å². The molecule has 0 fully saturated rings. The van der Waals surface area contributed by atoms with Gasteiger partial charge in [0.2, 0.25) is 0 Å². The first-order chi connectivity index (χ1) is 7.99. The molecule has 0 saturated carbocycles. The Morgan fingerprint density at radius 1 is 1.47 bits per heavy atom. The molecule has 1 heterocycles. The highest BCUT2D eigenvalue weighted by Crippen LogP contribution is 2.33. The number of nitrogens with one attached hydrogen (secondary N) is 1. The first kappa shape index (κ1) is 11.4. The van der Waals surface area contributed by atoms with Gasteiger partial charge in [0.15, 0.2) is 5.75 Å². The predicted octanol–water partition coefficient (Wildman–Crippen LogP) is 1.63. The molecule has 0 spiro atoms. The van der Waals surface area contributed by atoms with E-state index in [0.717, 1.165) is 0 Å². The van der Waals surface area contributed by atoms with Crippen molar-refractivity contribution in [1.82, 2.24) is 5.32 Å². The minimum atomic E-state index is -0.499. The topological polar surface area (TPSA) is 81.5 Å². The number of benzene rings is 1. The summed E-state index contributed by atoms with van der Waals surface area (Å²) in [7, 11) is 0. The van der Waals surface area contributed by atoms with Gasteiger partial charge in [-0.15, -0.1) is 0 Å². The lowest BCUT2D eigenvalue weighted by molar-refractivity contribution is -0.386. The first-order valence-electron chi connectivity index (χ1n) is 5.25. The second-order valence-electron chi connectivity index (χ2n) is 4.08. The molecule has 0 unspecified atom stereocenters. The van der Waals surface area contributed by atoms with E-state index in [1.807, 2.05) is 0 Å². The Kier molecular flexibility index (Phi) is 2.71. The molecule has 0 aromatic heterocycles. The molecule has 2 rings (SSSR count). The Balaban J connectivity index is 2.52. The van der Waals surface area contributed by atoms with Crippen LogP contribution >= 0.6 is 0 Å². The number of ether oxygens (including phenoxy) is 1. The van der Waals surface area contributed by atoms with Gasteiger partial charge >= 0.3 is 5.69 Å². The lowest BCUT2D eigenvalue weighted by Crippen LogP contribution is -2.12. The number of rotatable bonds is 3. The lowest BCUT2D eigenvalue weighted by atomic mass is 10.1. The molecule has 1 aliphatic heterocycles. The molecule has 1 aromatic carbocycles. The van der Waals surface area contributed by atoms with E-state index in [0.29, 0.717) is 17.7 Å². The van der Waals surface area contributed by atoms with E-state index < -0.39 is 4.92 Å². The van der Waals surface area contributed by atoms with E-state index in [1.165, 1.54) is 12.1 Å². The number of nitrogens with zero attached hydrogens (tertiary/aromatic N) is 1. The van der Waals surface area contributed by atoms with Crippen LogP contribution in [0.15, 0.2) is 12.1 Å². The number of hydrogen-bond donors (Lipinski definition) is 1. The zero-order valence-corrected chi connectivity index (χ0v) is 9.52. The van der Waals surface area contributed by atoms with Crippen molar-refractivity contribution in [3.05, 3.63) is 33.4 Å². The van der Waals surface area contributed by atoms with Crippen molar-refractivity contribution in [3.63, 3.8) is 0 Å². The van der Waals surface area contributed by atoms with Gasteiger partial charge in [0.25, 0.3) is 5.91 Å². The average Bonchev–Trinajstić information content (AvgIpc) is 2.58. The van der Waals surface area contributed by atoms with E-state index in [2.05, 4.69) is 5.32 Å². The number of fused-ring (bicyclic) bond motifs is 1. The number of hydrogen-bond acceptors (Lipinski definition) is 4. The molecule has 1 amide bonds. The van der Waals surface area contributed by atoms with E-state index >= 15 is 0 Å². The molecule has 17 heavy (non-hydrogen) atoms. The standard InChI is InChI=1S/C11H12N2O4/c1-6(2)17-10-4-8-7(5-12-11(8)14)3-9(10)13(15)16/h3-4,6H,5H2,1-2H3,(H,12,14). The summed E-state index contributed by atoms with van der Waals surface area (Å²) in [4.78, 5) is 21.9. The maximum Gasteiger partial charge on any atom is 0.311 e.